The molecule has 1 aliphatic rings. The molecule has 0 saturated heterocycles. The van der Waals surface area contributed by atoms with E-state index in [2.05, 4.69) is 18.1 Å². The van der Waals surface area contributed by atoms with E-state index in [-0.39, 0.29) is 6.10 Å². The summed E-state index contributed by atoms with van der Waals surface area (Å²) in [6.45, 7) is 2.11. The molecule has 0 amide bonds. The van der Waals surface area contributed by atoms with E-state index in [0.29, 0.717) is 5.92 Å². The number of aliphatic hydroxyl groups is 1. The van der Waals surface area contributed by atoms with Crippen LogP contribution in [0.25, 0.3) is 0 Å². The normalized spacial score (nSPS) is 19.2. The molecule has 0 radical (unpaired) electrons. The minimum Gasteiger partial charge on any atom is -0.392 e. The molecule has 16 heavy (non-hydrogen) atoms. The van der Waals surface area contributed by atoms with Gasteiger partial charge >= 0.3 is 0 Å². The predicted octanol–water partition coefficient (Wildman–Crippen LogP) is 2.08. The van der Waals surface area contributed by atoms with Crippen molar-refractivity contribution in [3.63, 3.8) is 0 Å². The van der Waals surface area contributed by atoms with E-state index in [1.807, 2.05) is 11.7 Å². The van der Waals surface area contributed by atoms with E-state index in [0.717, 1.165) is 24.2 Å². The highest BCUT2D eigenvalue weighted by Gasteiger charge is 2.24. The Kier molecular flexibility index (Phi) is 3.64. The summed E-state index contributed by atoms with van der Waals surface area (Å²) < 4.78 is 1.91. The zero-order valence-corrected chi connectivity index (χ0v) is 10.3. The summed E-state index contributed by atoms with van der Waals surface area (Å²) in [6, 6.07) is 2.12. The first-order valence-corrected chi connectivity index (χ1v) is 6.40. The first-order valence-electron chi connectivity index (χ1n) is 6.40. The average Bonchev–Trinajstić information content (AvgIpc) is 2.88. The number of hydrogen-bond acceptors (Lipinski definition) is 2. The minimum atomic E-state index is -0.178. The molecule has 1 aliphatic carbocycles. The molecule has 1 aromatic rings. The molecular formula is C13H22N2O. The van der Waals surface area contributed by atoms with E-state index in [4.69, 9.17) is 0 Å². The second-order valence-electron chi connectivity index (χ2n) is 4.92. The van der Waals surface area contributed by atoms with Gasteiger partial charge in [-0.3, -0.25) is 4.68 Å². The zero-order chi connectivity index (χ0) is 11.5. The first kappa shape index (κ1) is 11.6. The van der Waals surface area contributed by atoms with E-state index < -0.39 is 0 Å². The number of aryl methyl sites for hydroxylation is 2. The van der Waals surface area contributed by atoms with Crippen molar-refractivity contribution in [2.45, 2.75) is 51.6 Å². The molecule has 1 saturated carbocycles. The number of nitrogens with zero attached hydrogens (tertiary/aromatic N) is 2. The zero-order valence-electron chi connectivity index (χ0n) is 10.3. The molecule has 90 valence electrons. The van der Waals surface area contributed by atoms with Crippen LogP contribution in [0, 0.1) is 5.92 Å². The van der Waals surface area contributed by atoms with Crippen LogP contribution in [0.5, 0.6) is 0 Å². The summed E-state index contributed by atoms with van der Waals surface area (Å²) in [5.41, 5.74) is 2.28. The summed E-state index contributed by atoms with van der Waals surface area (Å²) in [6.07, 6.45) is 6.50. The lowest BCUT2D eigenvalue weighted by molar-refractivity contribution is 0.109. The quantitative estimate of drug-likeness (QED) is 0.847. The summed E-state index contributed by atoms with van der Waals surface area (Å²) in [5, 5.41) is 14.6. The van der Waals surface area contributed by atoms with E-state index in [9.17, 15) is 5.11 Å². The fourth-order valence-corrected chi connectivity index (χ4v) is 2.66. The molecule has 1 atom stereocenters. The smallest absolute Gasteiger partial charge is 0.0624 e. The Morgan fingerprint density at radius 3 is 2.75 bits per heavy atom. The molecule has 0 spiro atoms. The van der Waals surface area contributed by atoms with Crippen molar-refractivity contribution in [2.75, 3.05) is 0 Å². The Morgan fingerprint density at radius 2 is 2.19 bits per heavy atom. The van der Waals surface area contributed by atoms with Crippen LogP contribution >= 0.6 is 0 Å². The maximum Gasteiger partial charge on any atom is 0.0624 e. The molecule has 1 unspecified atom stereocenters. The number of aliphatic hydroxyl groups excluding tert-OH is 1. The maximum atomic E-state index is 10.2. The third kappa shape index (κ3) is 2.46. The Balaban J connectivity index is 1.99. The van der Waals surface area contributed by atoms with Crippen LogP contribution in [0.15, 0.2) is 6.07 Å². The van der Waals surface area contributed by atoms with Gasteiger partial charge in [0.2, 0.25) is 0 Å². The molecule has 0 aromatic carbocycles. The summed E-state index contributed by atoms with van der Waals surface area (Å²) in [7, 11) is 1.97. The van der Waals surface area contributed by atoms with Crippen molar-refractivity contribution in [2.24, 2.45) is 13.0 Å². The Morgan fingerprint density at radius 1 is 1.50 bits per heavy atom. The third-order valence-electron chi connectivity index (χ3n) is 3.75. The van der Waals surface area contributed by atoms with E-state index >= 15 is 0 Å². The number of aromatic nitrogens is 2. The number of hydrogen-bond donors (Lipinski definition) is 1. The first-order chi connectivity index (χ1) is 7.70. The van der Waals surface area contributed by atoms with Crippen LogP contribution in [0.1, 0.15) is 44.0 Å². The van der Waals surface area contributed by atoms with Crippen molar-refractivity contribution in [3.8, 4) is 0 Å². The highest BCUT2D eigenvalue weighted by atomic mass is 16.3. The van der Waals surface area contributed by atoms with Crippen LogP contribution in [0.4, 0.5) is 0 Å². The van der Waals surface area contributed by atoms with Crippen LogP contribution in [-0.4, -0.2) is 21.0 Å². The summed E-state index contributed by atoms with van der Waals surface area (Å²) >= 11 is 0. The molecule has 1 aromatic heterocycles. The fraction of sp³-hybridized carbons (Fsp3) is 0.769. The minimum absolute atomic E-state index is 0.178. The Hall–Kier alpha value is -0.830. The molecule has 0 aliphatic heterocycles. The van der Waals surface area contributed by atoms with Crippen molar-refractivity contribution in [3.05, 3.63) is 17.5 Å². The lowest BCUT2D eigenvalue weighted by Gasteiger charge is -2.17. The van der Waals surface area contributed by atoms with E-state index in [1.165, 1.54) is 25.7 Å². The molecular weight excluding hydrogens is 200 g/mol. The second kappa shape index (κ2) is 5.00. The summed E-state index contributed by atoms with van der Waals surface area (Å²) in [5.74, 6) is 0.514. The fourth-order valence-electron chi connectivity index (χ4n) is 2.66. The van der Waals surface area contributed by atoms with Gasteiger partial charge in [-0.05, 0) is 31.2 Å². The number of rotatable bonds is 4. The van der Waals surface area contributed by atoms with Gasteiger partial charge in [0.1, 0.15) is 0 Å². The lowest BCUT2D eigenvalue weighted by Crippen LogP contribution is -2.21. The van der Waals surface area contributed by atoms with Crippen molar-refractivity contribution in [1.29, 1.82) is 0 Å². The molecule has 1 heterocycles. The molecule has 2 rings (SSSR count). The monoisotopic (exact) mass is 222 g/mol. The second-order valence-corrected chi connectivity index (χ2v) is 4.92. The van der Waals surface area contributed by atoms with Crippen LogP contribution in [0.2, 0.25) is 0 Å². The van der Waals surface area contributed by atoms with Gasteiger partial charge in [0.15, 0.2) is 0 Å². The standard InChI is InChI=1S/C13H22N2O/c1-3-11-8-12(15(2)14-11)9-13(16)10-6-4-5-7-10/h8,10,13,16H,3-7,9H2,1-2H3. The van der Waals surface area contributed by atoms with Gasteiger partial charge in [-0.1, -0.05) is 19.8 Å². The van der Waals surface area contributed by atoms with Gasteiger partial charge in [-0.15, -0.1) is 0 Å². The highest BCUT2D eigenvalue weighted by molar-refractivity contribution is 5.11. The van der Waals surface area contributed by atoms with Gasteiger partial charge in [-0.2, -0.15) is 5.10 Å². The highest BCUT2D eigenvalue weighted by Crippen LogP contribution is 2.29. The van der Waals surface area contributed by atoms with Crippen LogP contribution in [0.3, 0.4) is 0 Å². The van der Waals surface area contributed by atoms with Crippen LogP contribution in [-0.2, 0) is 19.9 Å². The maximum absolute atomic E-state index is 10.2. The Labute approximate surface area is 97.5 Å². The molecule has 3 heteroatoms. The van der Waals surface area contributed by atoms with Crippen molar-refractivity contribution >= 4 is 0 Å². The van der Waals surface area contributed by atoms with Gasteiger partial charge in [0.05, 0.1) is 11.8 Å². The van der Waals surface area contributed by atoms with Gasteiger partial charge in [-0.25, -0.2) is 0 Å². The molecule has 0 bridgehead atoms. The van der Waals surface area contributed by atoms with Gasteiger partial charge in [0, 0.05) is 19.2 Å². The average molecular weight is 222 g/mol. The third-order valence-corrected chi connectivity index (χ3v) is 3.75. The molecule has 1 N–H and O–H groups in total. The molecule has 1 fully saturated rings. The van der Waals surface area contributed by atoms with Crippen molar-refractivity contribution in [1.82, 2.24) is 9.78 Å². The Bertz CT molecular complexity index is 340. The van der Waals surface area contributed by atoms with Gasteiger partial charge < -0.3 is 5.11 Å². The molecule has 3 nitrogen and oxygen atoms in total. The van der Waals surface area contributed by atoms with E-state index in [1.54, 1.807) is 0 Å². The summed E-state index contributed by atoms with van der Waals surface area (Å²) in [4.78, 5) is 0. The van der Waals surface area contributed by atoms with Crippen LogP contribution < -0.4 is 0 Å². The van der Waals surface area contributed by atoms with Crippen molar-refractivity contribution < 1.29 is 5.11 Å². The SMILES string of the molecule is CCc1cc(CC(O)C2CCCC2)n(C)n1. The largest absolute Gasteiger partial charge is 0.392 e. The topological polar surface area (TPSA) is 38.0 Å². The van der Waals surface area contributed by atoms with Gasteiger partial charge in [0.25, 0.3) is 0 Å². The lowest BCUT2D eigenvalue weighted by atomic mass is 9.97. The predicted molar refractivity (Wildman–Crippen MR) is 64.3 cm³/mol.